The second kappa shape index (κ2) is 3.66. The van der Waals surface area contributed by atoms with Crippen molar-refractivity contribution in [2.45, 2.75) is 51.4 Å². The fraction of sp³-hybridized carbons (Fsp3) is 0.786. The molecule has 4 atom stereocenters. The van der Waals surface area contributed by atoms with Crippen molar-refractivity contribution in [3.05, 3.63) is 12.2 Å². The molecule has 0 amide bonds. The Morgan fingerprint density at radius 2 is 2.24 bits per heavy atom. The third-order valence-corrected chi connectivity index (χ3v) is 4.90. The molecular formula is C14H20O3. The molecule has 3 heteroatoms. The molecule has 3 rings (SSSR count). The van der Waals surface area contributed by atoms with Gasteiger partial charge in [-0.1, -0.05) is 13.0 Å². The number of hydrogen-bond donors (Lipinski definition) is 0. The summed E-state index contributed by atoms with van der Waals surface area (Å²) < 4.78 is 11.9. The monoisotopic (exact) mass is 236 g/mol. The van der Waals surface area contributed by atoms with Crippen molar-refractivity contribution in [3.8, 4) is 0 Å². The normalized spacial score (nSPS) is 49.6. The lowest BCUT2D eigenvalue weighted by Gasteiger charge is -2.30. The van der Waals surface area contributed by atoms with Crippen LogP contribution in [0.2, 0.25) is 0 Å². The van der Waals surface area contributed by atoms with Crippen molar-refractivity contribution in [2.24, 2.45) is 11.3 Å². The summed E-state index contributed by atoms with van der Waals surface area (Å²) >= 11 is 0. The van der Waals surface area contributed by atoms with Gasteiger partial charge in [0.25, 0.3) is 0 Å². The van der Waals surface area contributed by atoms with E-state index in [1.165, 1.54) is 0 Å². The van der Waals surface area contributed by atoms with E-state index in [-0.39, 0.29) is 23.2 Å². The predicted molar refractivity (Wildman–Crippen MR) is 63.4 cm³/mol. The Balaban J connectivity index is 1.80. The standard InChI is InChI=1S/C14H20O3/c1-13-7-8-16-14(13,2)17-12(9-13)10-5-3-4-6-11(10)15/h4,6,10,12H,3,5,7-9H2,1-2H3/t10-,12+,13+,14+/m0/s1. The number of ether oxygens (including phenoxy) is 2. The Hall–Kier alpha value is -0.670. The fourth-order valence-corrected chi connectivity index (χ4v) is 3.45. The summed E-state index contributed by atoms with van der Waals surface area (Å²) in [5, 5.41) is 0. The summed E-state index contributed by atoms with van der Waals surface area (Å²) in [6.07, 6.45) is 7.63. The maximum atomic E-state index is 11.9. The largest absolute Gasteiger partial charge is 0.350 e. The molecule has 1 aliphatic carbocycles. The molecule has 0 aromatic rings. The van der Waals surface area contributed by atoms with Gasteiger partial charge >= 0.3 is 0 Å². The lowest BCUT2D eigenvalue weighted by atomic mass is 9.76. The third kappa shape index (κ3) is 1.59. The first-order chi connectivity index (χ1) is 8.04. The number of carbonyl (C=O) groups excluding carboxylic acids is 1. The molecule has 3 aliphatic rings. The summed E-state index contributed by atoms with van der Waals surface area (Å²) in [6.45, 7) is 5.03. The third-order valence-electron chi connectivity index (χ3n) is 4.90. The lowest BCUT2D eigenvalue weighted by molar-refractivity contribution is -0.222. The highest BCUT2D eigenvalue weighted by molar-refractivity contribution is 5.92. The van der Waals surface area contributed by atoms with Crippen LogP contribution < -0.4 is 0 Å². The highest BCUT2D eigenvalue weighted by Gasteiger charge is 2.59. The van der Waals surface area contributed by atoms with Gasteiger partial charge in [-0.05, 0) is 38.7 Å². The number of hydrogen-bond acceptors (Lipinski definition) is 3. The minimum atomic E-state index is -0.473. The van der Waals surface area contributed by atoms with E-state index < -0.39 is 5.79 Å². The Morgan fingerprint density at radius 3 is 2.94 bits per heavy atom. The van der Waals surface area contributed by atoms with Crippen molar-refractivity contribution >= 4 is 5.78 Å². The van der Waals surface area contributed by atoms with Gasteiger partial charge in [0.05, 0.1) is 12.7 Å². The first-order valence-electron chi connectivity index (χ1n) is 6.56. The van der Waals surface area contributed by atoms with Crippen LogP contribution in [0.5, 0.6) is 0 Å². The number of allylic oxidation sites excluding steroid dienone is 2. The van der Waals surface area contributed by atoms with Gasteiger partial charge in [0.2, 0.25) is 0 Å². The summed E-state index contributed by atoms with van der Waals surface area (Å²) in [7, 11) is 0. The number of carbonyl (C=O) groups is 1. The van der Waals surface area contributed by atoms with E-state index in [0.717, 1.165) is 32.3 Å². The summed E-state index contributed by atoms with van der Waals surface area (Å²) in [6, 6.07) is 0. The van der Waals surface area contributed by atoms with E-state index >= 15 is 0 Å². The topological polar surface area (TPSA) is 35.5 Å². The maximum Gasteiger partial charge on any atom is 0.171 e. The van der Waals surface area contributed by atoms with Crippen LogP contribution in [0.15, 0.2) is 12.2 Å². The predicted octanol–water partition coefficient (Wildman–Crippen LogP) is 2.45. The van der Waals surface area contributed by atoms with E-state index in [9.17, 15) is 4.79 Å². The summed E-state index contributed by atoms with van der Waals surface area (Å²) in [5.41, 5.74) is 0.0824. The minimum absolute atomic E-state index is 0.0442. The Morgan fingerprint density at radius 1 is 1.41 bits per heavy atom. The van der Waals surface area contributed by atoms with Gasteiger partial charge in [0.1, 0.15) is 0 Å². The highest BCUT2D eigenvalue weighted by atomic mass is 16.7. The van der Waals surface area contributed by atoms with Gasteiger partial charge in [-0.3, -0.25) is 4.79 Å². The Kier molecular flexibility index (Phi) is 2.46. The van der Waals surface area contributed by atoms with Gasteiger partial charge in [-0.2, -0.15) is 0 Å². The van der Waals surface area contributed by atoms with Crippen LogP contribution in [0, 0.1) is 11.3 Å². The number of fused-ring (bicyclic) bond motifs is 1. The van der Waals surface area contributed by atoms with Gasteiger partial charge in [-0.25, -0.2) is 0 Å². The smallest absolute Gasteiger partial charge is 0.171 e. The Bertz CT molecular complexity index is 358. The van der Waals surface area contributed by atoms with Crippen molar-refractivity contribution < 1.29 is 14.3 Å². The average Bonchev–Trinajstić information content (AvgIpc) is 2.67. The van der Waals surface area contributed by atoms with Crippen molar-refractivity contribution in [1.82, 2.24) is 0 Å². The second-order valence-electron chi connectivity index (χ2n) is 5.95. The molecule has 0 aromatic carbocycles. The molecule has 0 saturated carbocycles. The van der Waals surface area contributed by atoms with Crippen molar-refractivity contribution in [1.29, 1.82) is 0 Å². The van der Waals surface area contributed by atoms with E-state index in [0.29, 0.717) is 0 Å². The molecule has 0 aromatic heterocycles. The van der Waals surface area contributed by atoms with Crippen LogP contribution in [-0.2, 0) is 14.3 Å². The van der Waals surface area contributed by atoms with Crippen LogP contribution in [-0.4, -0.2) is 24.3 Å². The molecule has 94 valence electrons. The van der Waals surface area contributed by atoms with Gasteiger partial charge < -0.3 is 9.47 Å². The number of rotatable bonds is 1. The van der Waals surface area contributed by atoms with Crippen LogP contribution in [0.3, 0.4) is 0 Å². The van der Waals surface area contributed by atoms with Gasteiger partial charge in [0, 0.05) is 11.3 Å². The quantitative estimate of drug-likeness (QED) is 0.701. The zero-order chi connectivity index (χ0) is 12.1. The molecule has 0 unspecified atom stereocenters. The average molecular weight is 236 g/mol. The molecule has 0 N–H and O–H groups in total. The molecule has 17 heavy (non-hydrogen) atoms. The highest BCUT2D eigenvalue weighted by Crippen LogP contribution is 2.55. The molecule has 3 nitrogen and oxygen atoms in total. The van der Waals surface area contributed by atoms with Crippen molar-refractivity contribution in [3.63, 3.8) is 0 Å². The zero-order valence-electron chi connectivity index (χ0n) is 10.6. The maximum absolute atomic E-state index is 11.9. The first-order valence-corrected chi connectivity index (χ1v) is 6.56. The van der Waals surface area contributed by atoms with E-state index in [2.05, 4.69) is 6.92 Å². The first kappa shape index (κ1) is 11.4. The molecule has 0 radical (unpaired) electrons. The van der Waals surface area contributed by atoms with E-state index in [1.807, 2.05) is 13.0 Å². The minimum Gasteiger partial charge on any atom is -0.350 e. The molecular weight excluding hydrogens is 216 g/mol. The lowest BCUT2D eigenvalue weighted by Crippen LogP contribution is -2.37. The molecule has 2 saturated heterocycles. The van der Waals surface area contributed by atoms with Crippen LogP contribution >= 0.6 is 0 Å². The van der Waals surface area contributed by atoms with Crippen LogP contribution in [0.4, 0.5) is 0 Å². The molecule has 2 aliphatic heterocycles. The zero-order valence-corrected chi connectivity index (χ0v) is 10.6. The van der Waals surface area contributed by atoms with E-state index in [4.69, 9.17) is 9.47 Å². The van der Waals surface area contributed by atoms with E-state index in [1.54, 1.807) is 6.08 Å². The molecule has 0 bridgehead atoms. The van der Waals surface area contributed by atoms with Crippen LogP contribution in [0.25, 0.3) is 0 Å². The SMILES string of the molecule is C[C@]12CCO[C@]1(C)O[C@@H]([C@H]1CCC=CC1=O)C2. The Labute approximate surface area is 102 Å². The molecule has 0 spiro atoms. The molecule has 2 heterocycles. The summed E-state index contributed by atoms with van der Waals surface area (Å²) in [4.78, 5) is 11.9. The fourth-order valence-electron chi connectivity index (χ4n) is 3.45. The summed E-state index contributed by atoms with van der Waals surface area (Å²) in [5.74, 6) is -0.199. The second-order valence-corrected chi connectivity index (χ2v) is 5.95. The van der Waals surface area contributed by atoms with Crippen molar-refractivity contribution in [2.75, 3.05) is 6.61 Å². The van der Waals surface area contributed by atoms with Gasteiger partial charge in [-0.15, -0.1) is 0 Å². The van der Waals surface area contributed by atoms with Crippen LogP contribution in [0.1, 0.15) is 39.5 Å². The number of ketones is 1. The molecule has 2 fully saturated rings. The van der Waals surface area contributed by atoms with Gasteiger partial charge in [0.15, 0.2) is 11.6 Å².